The lowest BCUT2D eigenvalue weighted by Crippen LogP contribution is -2.71. The average Bonchev–Trinajstić information content (AvgIpc) is 0.791. The third-order valence-corrected chi connectivity index (χ3v) is 23.7. The largest absolute Gasteiger partial charge is 0.394 e. The molecule has 0 radical (unpaired) electrons. The minimum atomic E-state index is -2.71. The zero-order chi connectivity index (χ0) is 97.4. The molecule has 10 heterocycles. The first kappa shape index (κ1) is 109. The third-order valence-electron chi connectivity index (χ3n) is 23.7. The zero-order valence-electron chi connectivity index (χ0n) is 71.7. The summed E-state index contributed by atoms with van der Waals surface area (Å²) in [7, 11) is 0. The zero-order valence-corrected chi connectivity index (χ0v) is 71.7. The Kier molecular flexibility index (Phi) is 39.4. The summed E-state index contributed by atoms with van der Waals surface area (Å²) in [6.07, 6.45) is -92.0. The fraction of sp³-hybridized carbons (Fsp3) is 0.905. The van der Waals surface area contributed by atoms with E-state index in [2.05, 4.69) is 37.2 Å². The molecule has 0 aromatic heterocycles. The standard InChI is InChI=1S/C74H123N7O51/c1-18(91)75-35-50(106)57(29(12-86)115-65(35)113)125-69-39(79-22(5)95)53(109)60(32(15-89)120-69)129-72-56(112)62(46(102)34(124-72)17-114-73-63(54(110)45(101)28(11-85)119-73)131-70-40(80-23(6)96)51(107)58(30(13-87)121-70)126-66-36(76-19(2)92)47(103)42(98)25(8-82)116-66)130-74-64(55(111)61(33(16-90)123-74)128-68-38(78-21(4)94)49(105)44(100)27(10-84)118-68)132-71-41(81-24(7)97)52(108)59(31(14-88)122-71)127-67-37(77-20(3)93)48(104)43(99)26(9-83)117-67/h25-74,82-90,98-113H,8-17H2,1-7H3,(H,75,91)(H,76,92)(H,77,93)(H,78,94)(H,79,95)(H,80,96)(H,81,97)/t25-,26-,27-,28-,29-,30-,31-,32-,33-,34-,35-,36-,37-,38-,39-,40-,41-,42+,43+,44-,45-,46-,47-,48-,49-,50-,51-,52-,53-,54+,55+,56+,57-,58-,59-,60-,61-,62+,63+,64+,65-,66+,67+,68+,69+,70+,71+,72+,73+,74-/m1/s1. The molecule has 10 saturated heterocycles. The molecule has 0 unspecified atom stereocenters. The summed E-state index contributed by atoms with van der Waals surface area (Å²) < 4.78 is 116. The van der Waals surface area contributed by atoms with Gasteiger partial charge < -0.3 is 255 Å². The maximum absolute atomic E-state index is 13.4. The van der Waals surface area contributed by atoms with Crippen LogP contribution in [0.4, 0.5) is 0 Å². The highest BCUT2D eigenvalue weighted by atomic mass is 16.8. The molecule has 760 valence electrons. The van der Waals surface area contributed by atoms with Gasteiger partial charge in [0.05, 0.1) is 66.1 Å². The van der Waals surface area contributed by atoms with Crippen molar-refractivity contribution in [2.45, 2.75) is 355 Å². The highest BCUT2D eigenvalue weighted by Crippen LogP contribution is 2.42. The maximum Gasteiger partial charge on any atom is 0.217 e. The molecule has 0 aromatic carbocycles. The Balaban J connectivity index is 1.05. The number of ether oxygens (including phenoxy) is 19. The average molecular weight is 1930 g/mol. The number of rotatable bonds is 35. The number of hydrogen-bond donors (Lipinski definition) is 32. The lowest BCUT2D eigenvalue weighted by molar-refractivity contribution is -0.404. The van der Waals surface area contributed by atoms with Gasteiger partial charge in [-0.2, -0.15) is 0 Å². The van der Waals surface area contributed by atoms with Crippen LogP contribution in [0, 0.1) is 0 Å². The Hall–Kier alpha value is -5.47. The van der Waals surface area contributed by atoms with E-state index in [1.807, 2.05) is 0 Å². The van der Waals surface area contributed by atoms with Crippen molar-refractivity contribution in [3.8, 4) is 0 Å². The van der Waals surface area contributed by atoms with E-state index in [0.717, 1.165) is 48.5 Å². The normalized spacial score (nSPS) is 46.7. The summed E-state index contributed by atoms with van der Waals surface area (Å²) in [4.78, 5) is 89.7. The van der Waals surface area contributed by atoms with Crippen LogP contribution in [0.5, 0.6) is 0 Å². The molecule has 0 bridgehead atoms. The Morgan fingerprint density at radius 2 is 0.409 bits per heavy atom. The van der Waals surface area contributed by atoms with E-state index in [4.69, 9.17) is 90.0 Å². The quantitative estimate of drug-likeness (QED) is 0.0280. The molecule has 58 heteroatoms. The molecule has 0 saturated carbocycles. The summed E-state index contributed by atoms with van der Waals surface area (Å²) in [6.45, 7) is -4.88. The van der Waals surface area contributed by atoms with Crippen molar-refractivity contribution in [1.82, 2.24) is 37.2 Å². The van der Waals surface area contributed by atoms with Crippen molar-refractivity contribution < 1.29 is 251 Å². The first-order valence-corrected chi connectivity index (χ1v) is 42.1. The highest BCUT2D eigenvalue weighted by molar-refractivity contribution is 5.75. The van der Waals surface area contributed by atoms with Crippen molar-refractivity contribution in [3.63, 3.8) is 0 Å². The Morgan fingerprint density at radius 1 is 0.197 bits per heavy atom. The van der Waals surface area contributed by atoms with Gasteiger partial charge in [-0.05, 0) is 0 Å². The molecule has 132 heavy (non-hydrogen) atoms. The molecular weight excluding hydrogens is 1800 g/mol. The molecule has 50 atom stereocenters. The van der Waals surface area contributed by atoms with Crippen LogP contribution in [0.25, 0.3) is 0 Å². The predicted octanol–water partition coefficient (Wildman–Crippen LogP) is -21.8. The van der Waals surface area contributed by atoms with Gasteiger partial charge in [0.2, 0.25) is 41.4 Å². The van der Waals surface area contributed by atoms with Crippen LogP contribution in [0.2, 0.25) is 0 Å². The third kappa shape index (κ3) is 24.7. The van der Waals surface area contributed by atoms with Crippen molar-refractivity contribution in [1.29, 1.82) is 0 Å². The van der Waals surface area contributed by atoms with Gasteiger partial charge in [-0.25, -0.2) is 0 Å². The second-order valence-corrected chi connectivity index (χ2v) is 33.2. The smallest absolute Gasteiger partial charge is 0.217 e. The molecule has 0 aromatic rings. The van der Waals surface area contributed by atoms with E-state index in [0.29, 0.717) is 0 Å². The van der Waals surface area contributed by atoms with Crippen LogP contribution in [0.15, 0.2) is 0 Å². The van der Waals surface area contributed by atoms with E-state index < -0.39 is 414 Å². The number of nitrogens with one attached hydrogen (secondary N) is 7. The highest BCUT2D eigenvalue weighted by Gasteiger charge is 2.63. The van der Waals surface area contributed by atoms with Crippen LogP contribution in [-0.4, -0.2) is 542 Å². The molecule has 0 spiro atoms. The summed E-state index contributed by atoms with van der Waals surface area (Å²) in [5, 5.41) is 301. The molecule has 32 N–H and O–H groups in total. The molecular formula is C74H123N7O51. The van der Waals surface area contributed by atoms with Crippen LogP contribution in [0.3, 0.4) is 0 Å². The van der Waals surface area contributed by atoms with Crippen LogP contribution < -0.4 is 37.2 Å². The minimum absolute atomic E-state index is 0.818. The van der Waals surface area contributed by atoms with Gasteiger partial charge in [0.1, 0.15) is 244 Å². The fourth-order valence-corrected chi connectivity index (χ4v) is 17.2. The van der Waals surface area contributed by atoms with Gasteiger partial charge in [-0.15, -0.1) is 0 Å². The lowest BCUT2D eigenvalue weighted by atomic mass is 9.93. The molecule has 7 amide bonds. The maximum atomic E-state index is 13.4. The van der Waals surface area contributed by atoms with Gasteiger partial charge in [0.15, 0.2) is 62.9 Å². The topological polar surface area (TPSA) is 885 Å². The first-order chi connectivity index (χ1) is 62.4. The summed E-state index contributed by atoms with van der Waals surface area (Å²) in [5.74, 6) is -6.41. The number of hydrogen-bond acceptors (Lipinski definition) is 51. The molecule has 10 fully saturated rings. The van der Waals surface area contributed by atoms with Gasteiger partial charge in [-0.1, -0.05) is 0 Å². The summed E-state index contributed by atoms with van der Waals surface area (Å²) in [5.41, 5.74) is 0. The molecule has 58 nitrogen and oxygen atoms in total. The van der Waals surface area contributed by atoms with Gasteiger partial charge >= 0.3 is 0 Å². The minimum Gasteiger partial charge on any atom is -0.394 e. The SMILES string of the molecule is CC(=O)N[C@@H]1[C@@H](O)[C@H](O[C@@H]2O[C@H](CO)[C@@H](O[C@@H]3O[C@H](CO[C@H]4O[C@H](CO)[C@@H](O)[C@H](O)[C@@H]4O[C@@H]4O[C@H](CO)[C@@H](O[C@@H]5O[C@H](CO)[C@H](O)[C@H](O)[C@H]5NC(C)=O)[C@H](O)[C@H]4NC(C)=O)[C@@H](O)[C@H](O[C@H]4O[C@H](CO)[C@@H](O[C@@H]5O[C@H](CO)[C@@H](O)[C@H](O)[C@H]5NC(C)=O)[C@H](O)[C@@H]4O[C@@H]4O[C@H](CO)[C@@H](O[C@@H]5O[C@H](CO)[C@H](O)[C@H](O)[C@H]5NC(C)=O)[C@H](O)[C@H]4NC(C)=O)[C@@H]3O)[C@H](O)[C@H]2NC(C)=O)[C@@H](CO)O[C@H]1O. The van der Waals surface area contributed by atoms with Crippen LogP contribution in [0.1, 0.15) is 48.5 Å². The number of carbonyl (C=O) groups excluding carboxylic acids is 7. The van der Waals surface area contributed by atoms with Crippen molar-refractivity contribution in [2.24, 2.45) is 0 Å². The summed E-state index contributed by atoms with van der Waals surface area (Å²) in [6, 6.07) is -13.1. The van der Waals surface area contributed by atoms with E-state index in [-0.39, 0.29) is 0 Å². The Labute approximate surface area is 748 Å². The van der Waals surface area contributed by atoms with Crippen LogP contribution >= 0.6 is 0 Å². The van der Waals surface area contributed by atoms with E-state index in [1.54, 1.807) is 0 Å². The van der Waals surface area contributed by atoms with Crippen molar-refractivity contribution in [3.05, 3.63) is 0 Å². The van der Waals surface area contributed by atoms with E-state index >= 15 is 0 Å². The van der Waals surface area contributed by atoms with Gasteiger partial charge in [0.25, 0.3) is 0 Å². The summed E-state index contributed by atoms with van der Waals surface area (Å²) >= 11 is 0. The number of aliphatic hydroxyl groups excluding tert-OH is 25. The molecule has 0 aliphatic carbocycles. The number of aliphatic hydroxyl groups is 25. The number of amides is 7. The molecule has 10 aliphatic rings. The van der Waals surface area contributed by atoms with E-state index in [9.17, 15) is 161 Å². The van der Waals surface area contributed by atoms with Gasteiger partial charge in [-0.3, -0.25) is 33.6 Å². The Bertz CT molecular complexity index is 3710. The van der Waals surface area contributed by atoms with Crippen molar-refractivity contribution in [2.75, 3.05) is 66.1 Å². The second kappa shape index (κ2) is 47.9. The monoisotopic (exact) mass is 1930 g/mol. The predicted molar refractivity (Wildman–Crippen MR) is 411 cm³/mol. The van der Waals surface area contributed by atoms with E-state index in [1.165, 1.54) is 0 Å². The lowest BCUT2D eigenvalue weighted by Gasteiger charge is -2.52. The molecule has 10 aliphatic heterocycles. The Morgan fingerprint density at radius 3 is 0.712 bits per heavy atom. The first-order valence-electron chi connectivity index (χ1n) is 42.1. The van der Waals surface area contributed by atoms with Crippen molar-refractivity contribution >= 4 is 41.4 Å². The molecule has 10 rings (SSSR count). The fourth-order valence-electron chi connectivity index (χ4n) is 17.2. The second-order valence-electron chi connectivity index (χ2n) is 33.2. The number of carbonyl (C=O) groups is 7. The van der Waals surface area contributed by atoms with Crippen LogP contribution in [-0.2, 0) is 124 Å². The van der Waals surface area contributed by atoms with Gasteiger partial charge in [0, 0.05) is 48.5 Å².